The Hall–Kier alpha value is -3.31. The third kappa shape index (κ3) is 5.01. The van der Waals surface area contributed by atoms with Crippen LogP contribution in [0, 0.1) is 12.1 Å². The van der Waals surface area contributed by atoms with E-state index >= 15 is 0 Å². The monoisotopic (exact) mass is 554 g/mol. The number of imidazole rings is 1. The second kappa shape index (κ2) is 10.6. The van der Waals surface area contributed by atoms with Crippen LogP contribution in [0.3, 0.4) is 0 Å². The number of azo groups is 1. The maximum Gasteiger partial charge on any atom is 0.418 e. The van der Waals surface area contributed by atoms with E-state index in [1.54, 1.807) is 25.7 Å². The SMILES string of the molecule is CO[C@H]1CCCN(Cc2cc(C(F)(F)F)c3cn(-c4cccc([C@H]([C]5N=NC=[N+]5C)C5CCC5)c4)c(=O)n3c2)C1. The van der Waals surface area contributed by atoms with Crippen LogP contribution >= 0.6 is 0 Å². The van der Waals surface area contributed by atoms with Crippen LogP contribution in [0.4, 0.5) is 13.2 Å². The highest BCUT2D eigenvalue weighted by atomic mass is 19.4. The molecule has 6 rings (SSSR count). The second-order valence-electron chi connectivity index (χ2n) is 11.1. The molecule has 4 heterocycles. The number of ether oxygens (including phenoxy) is 1. The third-order valence-corrected chi connectivity index (χ3v) is 8.48. The Morgan fingerprint density at radius 2 is 1.98 bits per heavy atom. The normalized spacial score (nSPS) is 21.6. The van der Waals surface area contributed by atoms with Gasteiger partial charge in [0.25, 0.3) is 0 Å². The van der Waals surface area contributed by atoms with Gasteiger partial charge in [0.05, 0.1) is 41.0 Å². The molecule has 211 valence electrons. The van der Waals surface area contributed by atoms with Gasteiger partial charge in [0.15, 0.2) is 0 Å². The van der Waals surface area contributed by atoms with Crippen molar-refractivity contribution in [2.75, 3.05) is 27.2 Å². The largest absolute Gasteiger partial charge is 0.418 e. The number of fused-ring (bicyclic) bond motifs is 1. The number of aromatic nitrogens is 2. The summed E-state index contributed by atoms with van der Waals surface area (Å²) in [5.41, 5.74) is 0.415. The van der Waals surface area contributed by atoms with Crippen molar-refractivity contribution in [1.29, 1.82) is 0 Å². The van der Waals surface area contributed by atoms with Gasteiger partial charge in [-0.2, -0.15) is 13.2 Å². The molecule has 1 aliphatic carbocycles. The first-order valence-corrected chi connectivity index (χ1v) is 13.8. The third-order valence-electron chi connectivity index (χ3n) is 8.48. The van der Waals surface area contributed by atoms with Crippen molar-refractivity contribution >= 4 is 11.9 Å². The van der Waals surface area contributed by atoms with Gasteiger partial charge in [0, 0.05) is 32.6 Å². The number of pyridine rings is 1. The molecule has 1 saturated carbocycles. The van der Waals surface area contributed by atoms with Crippen LogP contribution in [0.1, 0.15) is 54.7 Å². The second-order valence-corrected chi connectivity index (χ2v) is 11.1. The molecule has 8 nitrogen and oxygen atoms in total. The first kappa shape index (κ1) is 26.9. The van der Waals surface area contributed by atoms with E-state index in [4.69, 9.17) is 4.74 Å². The number of likely N-dealkylation sites (N-methyl/N-ethyl adjacent to an activating group) is 1. The summed E-state index contributed by atoms with van der Waals surface area (Å²) >= 11 is 0. The number of nitrogens with zero attached hydrogens (tertiary/aromatic N) is 6. The van der Waals surface area contributed by atoms with Crippen molar-refractivity contribution < 1.29 is 22.5 Å². The van der Waals surface area contributed by atoms with Gasteiger partial charge in [-0.1, -0.05) is 18.6 Å². The zero-order valence-electron chi connectivity index (χ0n) is 22.6. The highest BCUT2D eigenvalue weighted by molar-refractivity contribution is 5.58. The van der Waals surface area contributed by atoms with Crippen LogP contribution in [-0.4, -0.2) is 58.1 Å². The maximum atomic E-state index is 14.3. The van der Waals surface area contributed by atoms with Gasteiger partial charge >= 0.3 is 24.4 Å². The molecule has 3 aliphatic rings. The number of methoxy groups -OCH3 is 1. The number of hydrogen-bond acceptors (Lipinski definition) is 5. The minimum Gasteiger partial charge on any atom is -0.380 e. The van der Waals surface area contributed by atoms with E-state index < -0.39 is 17.4 Å². The van der Waals surface area contributed by atoms with E-state index in [1.807, 2.05) is 29.8 Å². The van der Waals surface area contributed by atoms with Crippen LogP contribution in [0.15, 0.2) is 57.7 Å². The molecule has 0 unspecified atom stereocenters. The van der Waals surface area contributed by atoms with E-state index in [2.05, 4.69) is 15.1 Å². The quantitative estimate of drug-likeness (QED) is 0.376. The van der Waals surface area contributed by atoms with Gasteiger partial charge in [-0.3, -0.25) is 13.9 Å². The summed E-state index contributed by atoms with van der Waals surface area (Å²) in [5.74, 6) is 0.390. The molecule has 0 spiro atoms. The molecule has 0 amide bonds. The van der Waals surface area contributed by atoms with E-state index in [-0.39, 0.29) is 17.5 Å². The highest BCUT2D eigenvalue weighted by Crippen LogP contribution is 2.46. The average Bonchev–Trinajstić information content (AvgIpc) is 3.48. The summed E-state index contributed by atoms with van der Waals surface area (Å²) in [6.45, 7) is 1.73. The zero-order chi connectivity index (χ0) is 28.0. The molecule has 1 saturated heterocycles. The zero-order valence-corrected chi connectivity index (χ0v) is 22.6. The lowest BCUT2D eigenvalue weighted by Gasteiger charge is -2.34. The first-order chi connectivity index (χ1) is 19.2. The number of piperidine rings is 1. The molecule has 0 bridgehead atoms. The Morgan fingerprint density at radius 1 is 1.15 bits per heavy atom. The van der Waals surface area contributed by atoms with E-state index in [9.17, 15) is 18.0 Å². The average molecular weight is 555 g/mol. The number of rotatable bonds is 7. The fraction of sp³-hybridized carbons (Fsp3) is 0.483. The molecule has 2 atom stereocenters. The van der Waals surface area contributed by atoms with Crippen LogP contribution in [0.2, 0.25) is 0 Å². The summed E-state index contributed by atoms with van der Waals surface area (Å²) in [7, 11) is 3.56. The Balaban J connectivity index is 1.39. The lowest BCUT2D eigenvalue weighted by atomic mass is 9.71. The predicted molar refractivity (Wildman–Crippen MR) is 144 cm³/mol. The molecule has 3 aromatic rings. The molecular weight excluding hydrogens is 521 g/mol. The molecule has 1 radical (unpaired) electrons. The predicted octanol–water partition coefficient (Wildman–Crippen LogP) is 5.23. The van der Waals surface area contributed by atoms with Gasteiger partial charge in [0.1, 0.15) is 0 Å². The number of likely N-dealkylation sites (tertiary alicyclic amines) is 1. The van der Waals surface area contributed by atoms with Crippen LogP contribution in [0.25, 0.3) is 11.2 Å². The fourth-order valence-electron chi connectivity index (χ4n) is 6.20. The number of halogens is 3. The smallest absolute Gasteiger partial charge is 0.380 e. The van der Waals surface area contributed by atoms with Crippen molar-refractivity contribution in [3.05, 3.63) is 76.1 Å². The van der Waals surface area contributed by atoms with Crippen LogP contribution in [-0.2, 0) is 17.5 Å². The van der Waals surface area contributed by atoms with Crippen LogP contribution in [0.5, 0.6) is 0 Å². The lowest BCUT2D eigenvalue weighted by molar-refractivity contribution is -0.480. The molecule has 0 N–H and O–H groups in total. The first-order valence-electron chi connectivity index (χ1n) is 13.8. The Bertz CT molecular complexity index is 1520. The van der Waals surface area contributed by atoms with Crippen molar-refractivity contribution in [3.63, 3.8) is 0 Å². The molecule has 40 heavy (non-hydrogen) atoms. The number of hydrogen-bond donors (Lipinski definition) is 0. The van der Waals surface area contributed by atoms with Gasteiger partial charge in [0.2, 0.25) is 0 Å². The minimum atomic E-state index is -4.61. The summed E-state index contributed by atoms with van der Waals surface area (Å²) in [5, 5.41) is 8.42. The minimum absolute atomic E-state index is 0.00765. The van der Waals surface area contributed by atoms with Crippen molar-refractivity contribution in [3.8, 4) is 5.69 Å². The standard InChI is InChI=1S/C29H33F3N6O2/c1-35-18-33-34-27(35)26(20-6-3-7-20)21-8-4-9-22(13-21)37-17-25-24(29(30,31)32)12-19(15-38(25)28(37)39)14-36-11-5-10-23(16-36)40-2/h4,8-9,12-13,15,17-18,20,23,26H,3,5-7,10-11,14,16H2,1-2H3/q+1/t23-,26+/m0/s1. The van der Waals surface area contributed by atoms with E-state index in [0.717, 1.165) is 54.8 Å². The molecule has 2 aromatic heterocycles. The summed E-state index contributed by atoms with van der Waals surface area (Å²) in [6.07, 6.45) is 5.93. The number of alkyl halides is 3. The Kier molecular flexibility index (Phi) is 7.12. The topological polar surface area (TPSA) is 66.6 Å². The molecular formula is C29H33F3N6O2+. The lowest BCUT2D eigenvalue weighted by Crippen LogP contribution is -2.38. The van der Waals surface area contributed by atoms with Gasteiger partial charge in [-0.25, -0.2) is 9.37 Å². The van der Waals surface area contributed by atoms with E-state index in [0.29, 0.717) is 30.3 Å². The van der Waals surface area contributed by atoms with Crippen molar-refractivity contribution in [2.45, 2.75) is 56.8 Å². The highest BCUT2D eigenvalue weighted by Gasteiger charge is 2.42. The summed E-state index contributed by atoms with van der Waals surface area (Å²) in [6, 6.07) is 8.66. The van der Waals surface area contributed by atoms with Crippen LogP contribution < -0.4 is 5.69 Å². The van der Waals surface area contributed by atoms with E-state index in [1.165, 1.54) is 16.8 Å². The van der Waals surface area contributed by atoms with Gasteiger partial charge in [-0.15, -0.1) is 0 Å². The number of benzene rings is 1. The van der Waals surface area contributed by atoms with Crippen molar-refractivity contribution in [1.82, 2.24) is 13.9 Å². The van der Waals surface area contributed by atoms with Crippen molar-refractivity contribution in [2.24, 2.45) is 16.1 Å². The van der Waals surface area contributed by atoms with Gasteiger partial charge < -0.3 is 4.74 Å². The molecule has 11 heteroatoms. The maximum absolute atomic E-state index is 14.3. The molecule has 2 fully saturated rings. The summed E-state index contributed by atoms with van der Waals surface area (Å²) < 4.78 is 52.6. The Labute approximate surface area is 230 Å². The molecule has 2 aliphatic heterocycles. The molecule has 1 aromatic carbocycles. The fourth-order valence-corrected chi connectivity index (χ4v) is 6.20. The Morgan fingerprint density at radius 3 is 2.65 bits per heavy atom. The van der Waals surface area contributed by atoms with Gasteiger partial charge in [-0.05, 0) is 72.6 Å². The summed E-state index contributed by atoms with van der Waals surface area (Å²) in [4.78, 5) is 15.7.